The minimum Gasteiger partial charge on any atom is -0.341 e. The first-order chi connectivity index (χ1) is 8.68. The molecule has 0 spiro atoms. The normalized spacial score (nSPS) is 17.1. The van der Waals surface area contributed by atoms with Crippen LogP contribution in [0.2, 0.25) is 0 Å². The molecule has 0 aromatic carbocycles. The highest BCUT2D eigenvalue weighted by Crippen LogP contribution is 2.08. The standard InChI is InChI=1S/C13H22N4O/c1-11(13(18)17-9-3-4-10-17)14-7-5-12-6-8-15-16(12)2/h6,8,11,14H,3-5,7,9-10H2,1-2H3. The summed E-state index contributed by atoms with van der Waals surface area (Å²) in [6, 6.07) is 1.92. The highest BCUT2D eigenvalue weighted by Gasteiger charge is 2.22. The fourth-order valence-electron chi connectivity index (χ4n) is 2.36. The van der Waals surface area contributed by atoms with E-state index < -0.39 is 0 Å². The average Bonchev–Trinajstić information content (AvgIpc) is 3.00. The molecule has 2 heterocycles. The molecule has 1 aliphatic heterocycles. The van der Waals surface area contributed by atoms with E-state index >= 15 is 0 Å². The number of carbonyl (C=O) groups is 1. The third-order valence-electron chi connectivity index (χ3n) is 3.54. The van der Waals surface area contributed by atoms with E-state index in [0.717, 1.165) is 38.9 Å². The smallest absolute Gasteiger partial charge is 0.239 e. The number of amides is 1. The van der Waals surface area contributed by atoms with Gasteiger partial charge in [-0.15, -0.1) is 0 Å². The zero-order valence-electron chi connectivity index (χ0n) is 11.2. The molecule has 1 atom stereocenters. The van der Waals surface area contributed by atoms with Gasteiger partial charge in [-0.25, -0.2) is 0 Å². The molecule has 1 unspecified atom stereocenters. The highest BCUT2D eigenvalue weighted by molar-refractivity contribution is 5.81. The van der Waals surface area contributed by atoms with Gasteiger partial charge in [-0.05, 0) is 25.8 Å². The van der Waals surface area contributed by atoms with E-state index in [0.29, 0.717) is 0 Å². The molecule has 5 heteroatoms. The maximum Gasteiger partial charge on any atom is 0.239 e. The minimum atomic E-state index is -0.0867. The molecule has 1 aliphatic rings. The largest absolute Gasteiger partial charge is 0.341 e. The van der Waals surface area contributed by atoms with Crippen molar-refractivity contribution in [1.82, 2.24) is 20.0 Å². The van der Waals surface area contributed by atoms with E-state index in [1.165, 1.54) is 5.69 Å². The van der Waals surface area contributed by atoms with E-state index in [9.17, 15) is 4.79 Å². The molecule has 2 rings (SSSR count). The number of hydrogen-bond acceptors (Lipinski definition) is 3. The fraction of sp³-hybridized carbons (Fsp3) is 0.692. The summed E-state index contributed by atoms with van der Waals surface area (Å²) in [5.41, 5.74) is 1.18. The van der Waals surface area contributed by atoms with Crippen molar-refractivity contribution in [2.24, 2.45) is 7.05 Å². The summed E-state index contributed by atoms with van der Waals surface area (Å²) in [6.45, 7) is 4.60. The van der Waals surface area contributed by atoms with Crippen molar-refractivity contribution in [2.45, 2.75) is 32.2 Å². The van der Waals surface area contributed by atoms with Gasteiger partial charge in [0.1, 0.15) is 0 Å². The Labute approximate surface area is 108 Å². The minimum absolute atomic E-state index is 0.0867. The second-order valence-corrected chi connectivity index (χ2v) is 4.90. The van der Waals surface area contributed by atoms with Gasteiger partial charge in [0.2, 0.25) is 5.91 Å². The van der Waals surface area contributed by atoms with Crippen LogP contribution in [0.4, 0.5) is 0 Å². The molecular weight excluding hydrogens is 228 g/mol. The average molecular weight is 250 g/mol. The molecule has 1 aromatic rings. The lowest BCUT2D eigenvalue weighted by Gasteiger charge is -2.21. The monoisotopic (exact) mass is 250 g/mol. The Hall–Kier alpha value is -1.36. The van der Waals surface area contributed by atoms with Crippen LogP contribution in [0.1, 0.15) is 25.5 Å². The number of rotatable bonds is 5. The molecular formula is C13H22N4O. The van der Waals surface area contributed by atoms with Gasteiger partial charge in [0.15, 0.2) is 0 Å². The van der Waals surface area contributed by atoms with E-state index in [-0.39, 0.29) is 11.9 Å². The Kier molecular flexibility index (Phi) is 4.36. The number of aryl methyl sites for hydroxylation is 1. The molecule has 1 saturated heterocycles. The van der Waals surface area contributed by atoms with Gasteiger partial charge in [0.25, 0.3) is 0 Å². The van der Waals surface area contributed by atoms with Crippen molar-refractivity contribution in [1.29, 1.82) is 0 Å². The molecule has 100 valence electrons. The Morgan fingerprint density at radius 2 is 2.22 bits per heavy atom. The van der Waals surface area contributed by atoms with Gasteiger partial charge in [0.05, 0.1) is 6.04 Å². The number of likely N-dealkylation sites (tertiary alicyclic amines) is 1. The van der Waals surface area contributed by atoms with Crippen molar-refractivity contribution < 1.29 is 4.79 Å². The van der Waals surface area contributed by atoms with Crippen LogP contribution in [0.5, 0.6) is 0 Å². The van der Waals surface area contributed by atoms with Gasteiger partial charge < -0.3 is 10.2 Å². The van der Waals surface area contributed by atoms with Crippen LogP contribution in [0.15, 0.2) is 12.3 Å². The van der Waals surface area contributed by atoms with E-state index in [4.69, 9.17) is 0 Å². The van der Waals surface area contributed by atoms with Crippen LogP contribution >= 0.6 is 0 Å². The molecule has 0 saturated carbocycles. The van der Waals surface area contributed by atoms with Crippen molar-refractivity contribution >= 4 is 5.91 Å². The van der Waals surface area contributed by atoms with Crippen molar-refractivity contribution in [3.63, 3.8) is 0 Å². The predicted octanol–water partition coefficient (Wildman–Crippen LogP) is 0.563. The van der Waals surface area contributed by atoms with Crippen LogP contribution in [-0.2, 0) is 18.3 Å². The van der Waals surface area contributed by atoms with Crippen LogP contribution in [-0.4, -0.2) is 46.3 Å². The SMILES string of the molecule is CC(NCCc1ccnn1C)C(=O)N1CCCC1. The summed E-state index contributed by atoms with van der Waals surface area (Å²) in [6.07, 6.45) is 4.99. The van der Waals surface area contributed by atoms with Gasteiger partial charge in [-0.1, -0.05) is 0 Å². The Bertz CT molecular complexity index is 395. The molecule has 1 fully saturated rings. The first kappa shape index (κ1) is 13.1. The van der Waals surface area contributed by atoms with Crippen molar-refractivity contribution in [3.05, 3.63) is 18.0 Å². The van der Waals surface area contributed by atoms with Crippen LogP contribution < -0.4 is 5.32 Å². The van der Waals surface area contributed by atoms with Gasteiger partial charge in [-0.3, -0.25) is 9.48 Å². The number of hydrogen-bond donors (Lipinski definition) is 1. The Morgan fingerprint density at radius 3 is 2.83 bits per heavy atom. The molecule has 5 nitrogen and oxygen atoms in total. The van der Waals surface area contributed by atoms with E-state index in [1.54, 1.807) is 6.20 Å². The maximum atomic E-state index is 12.1. The molecule has 0 bridgehead atoms. The lowest BCUT2D eigenvalue weighted by molar-refractivity contribution is -0.131. The molecule has 0 radical (unpaired) electrons. The number of aromatic nitrogens is 2. The van der Waals surface area contributed by atoms with Crippen molar-refractivity contribution in [2.75, 3.05) is 19.6 Å². The van der Waals surface area contributed by atoms with Gasteiger partial charge >= 0.3 is 0 Å². The molecule has 1 N–H and O–H groups in total. The lowest BCUT2D eigenvalue weighted by atomic mass is 10.2. The topological polar surface area (TPSA) is 50.2 Å². The third kappa shape index (κ3) is 3.10. The Morgan fingerprint density at radius 1 is 1.50 bits per heavy atom. The van der Waals surface area contributed by atoms with Gasteiger partial charge in [-0.2, -0.15) is 5.10 Å². The summed E-state index contributed by atoms with van der Waals surface area (Å²) < 4.78 is 1.87. The zero-order valence-corrected chi connectivity index (χ0v) is 11.2. The first-order valence-corrected chi connectivity index (χ1v) is 6.67. The third-order valence-corrected chi connectivity index (χ3v) is 3.54. The second-order valence-electron chi connectivity index (χ2n) is 4.90. The highest BCUT2D eigenvalue weighted by atomic mass is 16.2. The van der Waals surface area contributed by atoms with Crippen LogP contribution in [0.3, 0.4) is 0 Å². The lowest BCUT2D eigenvalue weighted by Crippen LogP contribution is -2.44. The summed E-state index contributed by atoms with van der Waals surface area (Å²) in [7, 11) is 1.94. The van der Waals surface area contributed by atoms with E-state index in [1.807, 2.05) is 29.6 Å². The number of carbonyl (C=O) groups excluding carboxylic acids is 1. The van der Waals surface area contributed by atoms with Crippen molar-refractivity contribution in [3.8, 4) is 0 Å². The maximum absolute atomic E-state index is 12.1. The molecule has 0 aliphatic carbocycles. The zero-order chi connectivity index (χ0) is 13.0. The number of nitrogens with zero attached hydrogens (tertiary/aromatic N) is 3. The molecule has 1 amide bonds. The van der Waals surface area contributed by atoms with E-state index in [2.05, 4.69) is 10.4 Å². The van der Waals surface area contributed by atoms with Crippen LogP contribution in [0, 0.1) is 0 Å². The van der Waals surface area contributed by atoms with Crippen LogP contribution in [0.25, 0.3) is 0 Å². The number of nitrogens with one attached hydrogen (secondary N) is 1. The fourth-order valence-corrected chi connectivity index (χ4v) is 2.36. The Balaban J connectivity index is 1.72. The summed E-state index contributed by atoms with van der Waals surface area (Å²) >= 11 is 0. The summed E-state index contributed by atoms with van der Waals surface area (Å²) in [5.74, 6) is 0.234. The summed E-state index contributed by atoms with van der Waals surface area (Å²) in [4.78, 5) is 14.0. The second kappa shape index (κ2) is 6.00. The first-order valence-electron chi connectivity index (χ1n) is 6.67. The molecule has 18 heavy (non-hydrogen) atoms. The summed E-state index contributed by atoms with van der Waals surface area (Å²) in [5, 5.41) is 7.42. The van der Waals surface area contributed by atoms with Gasteiger partial charge in [0, 0.05) is 45.0 Å². The predicted molar refractivity (Wildman–Crippen MR) is 70.2 cm³/mol. The quantitative estimate of drug-likeness (QED) is 0.831. The molecule has 1 aromatic heterocycles.